The van der Waals surface area contributed by atoms with Crippen LogP contribution in [-0.2, 0) is 65.4 Å². The fourth-order valence-corrected chi connectivity index (χ4v) is 15.0. The number of hydrogen-bond acceptors (Lipinski definition) is 15. The van der Waals surface area contributed by atoms with Crippen molar-refractivity contribution < 1.29 is 80.2 Å². The summed E-state index contributed by atoms with van der Waals surface area (Å²) >= 11 is 0. The first-order chi connectivity index (χ1) is 51.1. The van der Waals surface area contributed by atoms with Crippen molar-refractivity contribution in [3.8, 4) is 0 Å². The van der Waals surface area contributed by atoms with E-state index in [1.54, 1.807) is 0 Å². The van der Waals surface area contributed by atoms with E-state index in [4.69, 9.17) is 37.0 Å². The Bertz CT molecular complexity index is 2060. The molecule has 0 aliphatic rings. The van der Waals surface area contributed by atoms with Gasteiger partial charge in [0.05, 0.1) is 26.4 Å². The van der Waals surface area contributed by atoms with Gasteiger partial charge in [-0.1, -0.05) is 402 Å². The van der Waals surface area contributed by atoms with E-state index in [0.717, 1.165) is 114 Å². The lowest BCUT2D eigenvalue weighted by molar-refractivity contribution is -0.161. The molecule has 0 saturated carbocycles. The molecule has 0 heterocycles. The lowest BCUT2D eigenvalue weighted by atomic mass is 9.99. The highest BCUT2D eigenvalue weighted by Gasteiger charge is 2.31. The number of aliphatic hydroxyl groups excluding tert-OH is 1. The van der Waals surface area contributed by atoms with Crippen molar-refractivity contribution in [1.29, 1.82) is 0 Å². The number of ether oxygens (including phenoxy) is 4. The Hall–Kier alpha value is -1.94. The van der Waals surface area contributed by atoms with Crippen molar-refractivity contribution in [2.24, 2.45) is 23.7 Å². The van der Waals surface area contributed by atoms with Crippen molar-refractivity contribution in [2.45, 2.75) is 472 Å². The number of aliphatic hydroxyl groups is 1. The standard InChI is InChI=1S/C87H170O17P2/c1-9-80(8)66-58-50-41-35-29-23-17-12-10-11-13-18-24-31-37-43-53-61-69-86(91)103-82(73-97-84(89)67-59-51-42-36-30-26-20-22-28-34-40-48-56-64-78(4)5)75-101-105(93,94)99-71-81(88)72-100-106(95,96)102-76-83(74-98-85(90)68-60-52-46-45-49-57-65-79(6)7)104-87(92)70-62-54-44-38-32-25-19-15-14-16-21-27-33-39-47-55-63-77(2)3/h77-83,88H,9-76H2,1-8H3,(H,93,94)(H,95,96)/t80?,81?,82-,83-/m1/s1. The van der Waals surface area contributed by atoms with Crippen LogP contribution in [0, 0.1) is 23.7 Å². The van der Waals surface area contributed by atoms with Crippen molar-refractivity contribution in [3.63, 3.8) is 0 Å². The Morgan fingerprint density at radius 1 is 0.264 bits per heavy atom. The van der Waals surface area contributed by atoms with Gasteiger partial charge >= 0.3 is 39.5 Å². The Balaban J connectivity index is 5.20. The van der Waals surface area contributed by atoms with Gasteiger partial charge in [0.25, 0.3) is 0 Å². The van der Waals surface area contributed by atoms with Crippen LogP contribution < -0.4 is 0 Å². The van der Waals surface area contributed by atoms with E-state index >= 15 is 0 Å². The Labute approximate surface area is 651 Å². The smallest absolute Gasteiger partial charge is 0.462 e. The third-order valence-electron chi connectivity index (χ3n) is 20.7. The lowest BCUT2D eigenvalue weighted by Gasteiger charge is -2.21. The molecule has 0 amide bonds. The SMILES string of the molecule is CCC(C)CCCCCCCCCCCCCCCCCCCCC(=O)O[C@H](COC(=O)CCCCCCCCCCCCCCCC(C)C)COP(=O)(O)OCC(O)COP(=O)(O)OC[C@@H](COC(=O)CCCCCCCCC(C)C)OC(=O)CCCCCCCCCCCCCCCCCCC(C)C. The van der Waals surface area contributed by atoms with Gasteiger partial charge < -0.3 is 33.8 Å². The van der Waals surface area contributed by atoms with Crippen LogP contribution in [0.3, 0.4) is 0 Å². The molecule has 0 aromatic heterocycles. The molecule has 0 aliphatic heterocycles. The summed E-state index contributed by atoms with van der Waals surface area (Å²) in [6.07, 6.45) is 65.4. The van der Waals surface area contributed by atoms with Gasteiger partial charge in [0.15, 0.2) is 12.2 Å². The topological polar surface area (TPSA) is 237 Å². The van der Waals surface area contributed by atoms with Crippen molar-refractivity contribution in [2.75, 3.05) is 39.6 Å². The van der Waals surface area contributed by atoms with Gasteiger partial charge in [-0.05, 0) is 49.4 Å². The van der Waals surface area contributed by atoms with Gasteiger partial charge in [0.1, 0.15) is 19.3 Å². The summed E-state index contributed by atoms with van der Waals surface area (Å²) in [7, 11) is -9.93. The second kappa shape index (κ2) is 75.7. The fraction of sp³-hybridized carbons (Fsp3) is 0.954. The van der Waals surface area contributed by atoms with Crippen LogP contribution in [0.1, 0.15) is 453 Å². The van der Waals surface area contributed by atoms with Crippen molar-refractivity contribution in [3.05, 3.63) is 0 Å². The Morgan fingerprint density at radius 2 is 0.453 bits per heavy atom. The van der Waals surface area contributed by atoms with E-state index in [1.807, 2.05) is 0 Å². The maximum Gasteiger partial charge on any atom is 0.472 e. The van der Waals surface area contributed by atoms with Gasteiger partial charge in [-0.15, -0.1) is 0 Å². The number of phosphoric ester groups is 2. The van der Waals surface area contributed by atoms with Crippen LogP contribution in [0.5, 0.6) is 0 Å². The maximum atomic E-state index is 13.1. The zero-order valence-corrected chi connectivity index (χ0v) is 71.9. The zero-order chi connectivity index (χ0) is 78.1. The summed E-state index contributed by atoms with van der Waals surface area (Å²) in [6.45, 7) is 14.3. The van der Waals surface area contributed by atoms with E-state index in [0.29, 0.717) is 31.6 Å². The number of hydrogen-bond donors (Lipinski definition) is 3. The lowest BCUT2D eigenvalue weighted by Crippen LogP contribution is -2.30. The minimum absolute atomic E-state index is 0.107. The van der Waals surface area contributed by atoms with Gasteiger partial charge in [-0.2, -0.15) is 0 Å². The van der Waals surface area contributed by atoms with Crippen molar-refractivity contribution in [1.82, 2.24) is 0 Å². The first kappa shape index (κ1) is 104. The Kier molecular flexibility index (Phi) is 74.3. The normalized spacial score (nSPS) is 14.2. The molecule has 0 fully saturated rings. The van der Waals surface area contributed by atoms with E-state index in [1.165, 1.54) is 250 Å². The molecule has 0 saturated heterocycles. The van der Waals surface area contributed by atoms with E-state index in [9.17, 15) is 43.2 Å². The number of unbranched alkanes of at least 4 members (excludes halogenated alkanes) is 49. The minimum Gasteiger partial charge on any atom is -0.462 e. The van der Waals surface area contributed by atoms with Gasteiger partial charge in [0, 0.05) is 25.7 Å². The van der Waals surface area contributed by atoms with Crippen LogP contribution in [0.2, 0.25) is 0 Å². The molecule has 0 aliphatic carbocycles. The average molecular weight is 1550 g/mol. The first-order valence-electron chi connectivity index (χ1n) is 44.7. The fourth-order valence-electron chi connectivity index (χ4n) is 13.5. The van der Waals surface area contributed by atoms with Crippen LogP contribution in [-0.4, -0.2) is 96.7 Å². The molecule has 0 bridgehead atoms. The predicted molar refractivity (Wildman–Crippen MR) is 437 cm³/mol. The number of rotatable bonds is 84. The van der Waals surface area contributed by atoms with Crippen LogP contribution in [0.25, 0.3) is 0 Å². The zero-order valence-electron chi connectivity index (χ0n) is 70.1. The van der Waals surface area contributed by atoms with Crippen LogP contribution >= 0.6 is 15.6 Å². The highest BCUT2D eigenvalue weighted by atomic mass is 31.2. The third-order valence-corrected chi connectivity index (χ3v) is 22.6. The number of phosphoric acid groups is 2. The third kappa shape index (κ3) is 78.7. The molecular weight excluding hydrogens is 1380 g/mol. The summed E-state index contributed by atoms with van der Waals surface area (Å²) in [4.78, 5) is 73.2. The highest BCUT2D eigenvalue weighted by molar-refractivity contribution is 7.47. The molecular formula is C87H170O17P2. The molecule has 0 spiro atoms. The molecule has 0 radical (unpaired) electrons. The molecule has 630 valence electrons. The largest absolute Gasteiger partial charge is 0.472 e. The molecule has 17 nitrogen and oxygen atoms in total. The Morgan fingerprint density at radius 3 is 0.670 bits per heavy atom. The minimum atomic E-state index is -4.97. The number of esters is 4. The number of carbonyl (C=O) groups excluding carboxylic acids is 4. The second-order valence-corrected chi connectivity index (χ2v) is 35.9. The molecule has 0 rings (SSSR count). The number of carbonyl (C=O) groups is 4. The first-order valence-corrected chi connectivity index (χ1v) is 47.7. The van der Waals surface area contributed by atoms with Crippen LogP contribution in [0.15, 0.2) is 0 Å². The summed E-state index contributed by atoms with van der Waals surface area (Å²) in [5.74, 6) is 1.04. The van der Waals surface area contributed by atoms with Crippen molar-refractivity contribution >= 4 is 39.5 Å². The summed E-state index contributed by atoms with van der Waals surface area (Å²) in [5.41, 5.74) is 0. The van der Waals surface area contributed by atoms with Gasteiger partial charge in [-0.25, -0.2) is 9.13 Å². The summed E-state index contributed by atoms with van der Waals surface area (Å²) in [5, 5.41) is 10.7. The van der Waals surface area contributed by atoms with E-state index in [2.05, 4.69) is 55.4 Å². The average Bonchev–Trinajstić information content (AvgIpc) is 0.905. The molecule has 0 aromatic carbocycles. The molecule has 3 N–H and O–H groups in total. The predicted octanol–water partition coefficient (Wildman–Crippen LogP) is 26.3. The summed E-state index contributed by atoms with van der Waals surface area (Å²) in [6, 6.07) is 0. The van der Waals surface area contributed by atoms with Gasteiger partial charge in [0.2, 0.25) is 0 Å². The summed E-state index contributed by atoms with van der Waals surface area (Å²) < 4.78 is 68.9. The van der Waals surface area contributed by atoms with E-state index < -0.39 is 97.5 Å². The van der Waals surface area contributed by atoms with Crippen LogP contribution in [0.4, 0.5) is 0 Å². The monoisotopic (exact) mass is 1550 g/mol. The molecule has 0 aromatic rings. The molecule has 19 heteroatoms. The highest BCUT2D eigenvalue weighted by Crippen LogP contribution is 2.45. The quantitative estimate of drug-likeness (QED) is 0.0222. The van der Waals surface area contributed by atoms with Gasteiger partial charge in [-0.3, -0.25) is 37.3 Å². The van der Waals surface area contributed by atoms with E-state index in [-0.39, 0.29) is 25.7 Å². The second-order valence-electron chi connectivity index (χ2n) is 33.0. The maximum absolute atomic E-state index is 13.1. The molecule has 4 unspecified atom stereocenters. The molecule has 106 heavy (non-hydrogen) atoms. The molecule has 6 atom stereocenters.